The highest BCUT2D eigenvalue weighted by molar-refractivity contribution is 5.95. The molecule has 0 aromatic heterocycles. The first-order valence-electron chi connectivity index (χ1n) is 9.58. The van der Waals surface area contributed by atoms with E-state index in [0.717, 1.165) is 12.8 Å². The van der Waals surface area contributed by atoms with Crippen molar-refractivity contribution in [2.45, 2.75) is 44.9 Å². The fourth-order valence-corrected chi connectivity index (χ4v) is 3.34. The summed E-state index contributed by atoms with van der Waals surface area (Å²) in [6.45, 7) is 4.46. The molecule has 144 valence electrons. The quantitative estimate of drug-likeness (QED) is 0.358. The van der Waals surface area contributed by atoms with Crippen LogP contribution >= 0.6 is 0 Å². The first-order valence-corrected chi connectivity index (χ1v) is 9.58. The fourth-order valence-electron chi connectivity index (χ4n) is 3.34. The molecule has 0 unspecified atom stereocenters. The minimum atomic E-state index is -0.451. The van der Waals surface area contributed by atoms with Gasteiger partial charge < -0.3 is 15.5 Å². The first-order chi connectivity index (χ1) is 12.6. The van der Waals surface area contributed by atoms with E-state index in [9.17, 15) is 14.9 Å². The minimum absolute atomic E-state index is 0.0586. The number of hydrogen-bond donors (Lipinski definition) is 2. The number of hydrogen-bond acceptors (Lipinski definition) is 5. The van der Waals surface area contributed by atoms with Crippen LogP contribution in [-0.4, -0.2) is 49.0 Å². The summed E-state index contributed by atoms with van der Waals surface area (Å²) in [6.07, 6.45) is 8.52. The summed E-state index contributed by atoms with van der Waals surface area (Å²) < 4.78 is 0. The molecule has 0 spiro atoms. The third kappa shape index (κ3) is 6.29. The molecule has 1 aromatic carbocycles. The van der Waals surface area contributed by atoms with Crippen LogP contribution in [0.15, 0.2) is 18.2 Å². The SMILES string of the molecule is CNC(=O)c1ccc(NCCCCCCCN2CCCC2)c([N+](=O)[O-])c1. The van der Waals surface area contributed by atoms with E-state index < -0.39 is 4.92 Å². The van der Waals surface area contributed by atoms with E-state index in [1.54, 1.807) is 12.1 Å². The van der Waals surface area contributed by atoms with E-state index in [1.165, 1.54) is 64.9 Å². The molecular weight excluding hydrogens is 332 g/mol. The van der Waals surface area contributed by atoms with Crippen LogP contribution in [0, 0.1) is 10.1 Å². The maximum Gasteiger partial charge on any atom is 0.293 e. The van der Waals surface area contributed by atoms with Crippen LogP contribution in [0.5, 0.6) is 0 Å². The first kappa shape index (κ1) is 20.2. The number of rotatable bonds is 11. The van der Waals surface area contributed by atoms with Crippen molar-refractivity contribution in [1.82, 2.24) is 10.2 Å². The van der Waals surface area contributed by atoms with E-state index in [-0.39, 0.29) is 11.6 Å². The van der Waals surface area contributed by atoms with E-state index in [4.69, 9.17) is 0 Å². The van der Waals surface area contributed by atoms with Crippen molar-refractivity contribution in [2.75, 3.05) is 38.5 Å². The number of nitro benzene ring substituents is 1. The largest absolute Gasteiger partial charge is 0.379 e. The average molecular weight is 362 g/mol. The fraction of sp³-hybridized carbons (Fsp3) is 0.632. The molecule has 0 atom stereocenters. The lowest BCUT2D eigenvalue weighted by Crippen LogP contribution is -2.20. The predicted molar refractivity (Wildman–Crippen MR) is 104 cm³/mol. The molecule has 1 amide bonds. The van der Waals surface area contributed by atoms with Crippen molar-refractivity contribution in [2.24, 2.45) is 0 Å². The molecular formula is C19H30N4O3. The number of nitro groups is 1. The Labute approximate surface area is 155 Å². The highest BCUT2D eigenvalue weighted by atomic mass is 16.6. The lowest BCUT2D eigenvalue weighted by molar-refractivity contribution is -0.384. The number of anilines is 1. The zero-order valence-electron chi connectivity index (χ0n) is 15.6. The van der Waals surface area contributed by atoms with Crippen molar-refractivity contribution in [1.29, 1.82) is 0 Å². The zero-order chi connectivity index (χ0) is 18.8. The van der Waals surface area contributed by atoms with E-state index in [0.29, 0.717) is 17.8 Å². The summed E-state index contributed by atoms with van der Waals surface area (Å²) in [4.78, 5) is 24.9. The third-order valence-corrected chi connectivity index (χ3v) is 4.85. The molecule has 1 aromatic rings. The van der Waals surface area contributed by atoms with Gasteiger partial charge in [-0.15, -0.1) is 0 Å². The summed E-state index contributed by atoms with van der Waals surface area (Å²) in [6, 6.07) is 4.53. The summed E-state index contributed by atoms with van der Waals surface area (Å²) in [7, 11) is 1.51. The Morgan fingerprint density at radius 3 is 2.54 bits per heavy atom. The van der Waals surface area contributed by atoms with Gasteiger partial charge in [-0.05, 0) is 57.5 Å². The molecule has 1 aliphatic heterocycles. The minimum Gasteiger partial charge on any atom is -0.379 e. The van der Waals surface area contributed by atoms with E-state index in [1.807, 2.05) is 0 Å². The van der Waals surface area contributed by atoms with E-state index >= 15 is 0 Å². The van der Waals surface area contributed by atoms with Gasteiger partial charge in [-0.1, -0.05) is 19.3 Å². The highest BCUT2D eigenvalue weighted by Gasteiger charge is 2.16. The molecule has 1 fully saturated rings. The van der Waals surface area contributed by atoms with Crippen LogP contribution in [0.1, 0.15) is 55.3 Å². The maximum atomic E-state index is 11.6. The Hall–Kier alpha value is -2.15. The number of nitrogens with one attached hydrogen (secondary N) is 2. The van der Waals surface area contributed by atoms with Crippen LogP contribution < -0.4 is 10.6 Å². The normalized spacial score (nSPS) is 14.3. The lowest BCUT2D eigenvalue weighted by Gasteiger charge is -2.13. The second-order valence-electron chi connectivity index (χ2n) is 6.81. The number of benzene rings is 1. The van der Waals surface area contributed by atoms with Crippen molar-refractivity contribution in [3.63, 3.8) is 0 Å². The van der Waals surface area contributed by atoms with Gasteiger partial charge in [-0.25, -0.2) is 0 Å². The van der Waals surface area contributed by atoms with Gasteiger partial charge in [-0.2, -0.15) is 0 Å². The Kier molecular flexibility index (Phi) is 8.34. The summed E-state index contributed by atoms with van der Waals surface area (Å²) >= 11 is 0. The van der Waals surface area contributed by atoms with Gasteiger partial charge in [0.05, 0.1) is 4.92 Å². The number of likely N-dealkylation sites (tertiary alicyclic amines) is 1. The van der Waals surface area contributed by atoms with Crippen molar-refractivity contribution in [3.05, 3.63) is 33.9 Å². The molecule has 1 heterocycles. The lowest BCUT2D eigenvalue weighted by atomic mass is 10.1. The molecule has 0 radical (unpaired) electrons. The van der Waals surface area contributed by atoms with Gasteiger partial charge in [0.2, 0.25) is 0 Å². The standard InChI is InChI=1S/C19H30N4O3/c1-20-19(24)16-9-10-17(18(15-16)23(25)26)21-11-5-3-2-4-6-12-22-13-7-8-14-22/h9-10,15,21H,2-8,11-14H2,1H3,(H,20,24). The van der Waals surface area contributed by atoms with Gasteiger partial charge in [-0.3, -0.25) is 14.9 Å². The van der Waals surface area contributed by atoms with Gasteiger partial charge in [0.1, 0.15) is 5.69 Å². The van der Waals surface area contributed by atoms with Crippen LogP contribution in [0.4, 0.5) is 11.4 Å². The molecule has 2 rings (SSSR count). The Balaban J connectivity index is 1.66. The second-order valence-corrected chi connectivity index (χ2v) is 6.81. The number of amides is 1. The molecule has 0 bridgehead atoms. The van der Waals surface area contributed by atoms with Crippen LogP contribution in [0.25, 0.3) is 0 Å². The zero-order valence-corrected chi connectivity index (χ0v) is 15.6. The smallest absolute Gasteiger partial charge is 0.293 e. The van der Waals surface area contributed by atoms with E-state index in [2.05, 4.69) is 15.5 Å². The average Bonchev–Trinajstić information content (AvgIpc) is 3.16. The topological polar surface area (TPSA) is 87.5 Å². The molecule has 7 heteroatoms. The van der Waals surface area contributed by atoms with Crippen LogP contribution in [0.3, 0.4) is 0 Å². The predicted octanol–water partition coefficient (Wildman–Crippen LogP) is 3.41. The third-order valence-electron chi connectivity index (χ3n) is 4.85. The Bertz CT molecular complexity index is 600. The Morgan fingerprint density at radius 2 is 1.85 bits per heavy atom. The molecule has 1 saturated heterocycles. The number of nitrogens with zero attached hydrogens (tertiary/aromatic N) is 2. The summed E-state index contributed by atoms with van der Waals surface area (Å²) in [5, 5.41) is 16.8. The highest BCUT2D eigenvalue weighted by Crippen LogP contribution is 2.25. The maximum absolute atomic E-state index is 11.6. The van der Waals surface area contributed by atoms with Crippen molar-refractivity contribution in [3.8, 4) is 0 Å². The van der Waals surface area contributed by atoms with Gasteiger partial charge in [0, 0.05) is 25.2 Å². The van der Waals surface area contributed by atoms with Crippen molar-refractivity contribution >= 4 is 17.3 Å². The molecule has 2 N–H and O–H groups in total. The number of unbranched alkanes of at least 4 members (excludes halogenated alkanes) is 4. The molecule has 7 nitrogen and oxygen atoms in total. The Morgan fingerprint density at radius 1 is 1.15 bits per heavy atom. The summed E-state index contributed by atoms with van der Waals surface area (Å²) in [5.74, 6) is -0.325. The molecule has 0 aliphatic carbocycles. The van der Waals surface area contributed by atoms with Crippen LogP contribution in [0.2, 0.25) is 0 Å². The van der Waals surface area contributed by atoms with Gasteiger partial charge in [0.25, 0.3) is 11.6 Å². The van der Waals surface area contributed by atoms with Gasteiger partial charge >= 0.3 is 0 Å². The second kappa shape index (κ2) is 10.8. The van der Waals surface area contributed by atoms with Gasteiger partial charge in [0.15, 0.2) is 0 Å². The monoisotopic (exact) mass is 362 g/mol. The number of carbonyl (C=O) groups excluding carboxylic acids is 1. The molecule has 1 aliphatic rings. The molecule has 26 heavy (non-hydrogen) atoms. The summed E-state index contributed by atoms with van der Waals surface area (Å²) in [5.41, 5.74) is 0.705. The van der Waals surface area contributed by atoms with Crippen LogP contribution in [-0.2, 0) is 0 Å². The number of carbonyl (C=O) groups is 1. The van der Waals surface area contributed by atoms with Crippen molar-refractivity contribution < 1.29 is 9.72 Å². The molecule has 0 saturated carbocycles.